The lowest BCUT2D eigenvalue weighted by Crippen LogP contribution is -2.60. The molecule has 3 saturated heterocycles. The standard InChI is InChI=1S/C36H64N4O9/c1-12-27-36(7)30(38-34(44)49-36)23(5)37-17-20(2)16-35(6,45-11)31(21(3)28(41)22(4)32(43)47-27)48-33-29(42)26(39(8)9)15-25(46-33)19-40(10)18-24-13-14-24/h20-27,29-31,33,37,42H,12-19H2,1-11H3,(H,38,44)/t20-,21+,22?,23-,25?,26?,27-,29?,30-,31-,33?,35-,36-/m1/s1. The minimum atomic E-state index is -1.15. The fourth-order valence-corrected chi connectivity index (χ4v) is 8.30. The summed E-state index contributed by atoms with van der Waals surface area (Å²) in [6.45, 7) is 15.1. The Balaban J connectivity index is 1.66. The third-order valence-corrected chi connectivity index (χ3v) is 11.5. The number of hydrogen-bond donors (Lipinski definition) is 3. The van der Waals surface area contributed by atoms with Crippen molar-refractivity contribution in [2.24, 2.45) is 23.7 Å². The van der Waals surface area contributed by atoms with Gasteiger partial charge in [-0.2, -0.15) is 0 Å². The molecule has 13 atom stereocenters. The molecule has 4 fully saturated rings. The summed E-state index contributed by atoms with van der Waals surface area (Å²) in [6.07, 6.45) is -0.440. The van der Waals surface area contributed by atoms with Gasteiger partial charge in [0.2, 0.25) is 0 Å². The number of nitrogens with zero attached hydrogens (tertiary/aromatic N) is 2. The second-order valence-electron chi connectivity index (χ2n) is 16.1. The lowest BCUT2D eigenvalue weighted by atomic mass is 9.78. The highest BCUT2D eigenvalue weighted by Crippen LogP contribution is 2.38. The minimum Gasteiger partial charge on any atom is -0.458 e. The Morgan fingerprint density at radius 3 is 2.31 bits per heavy atom. The molecule has 13 nitrogen and oxygen atoms in total. The number of nitrogens with one attached hydrogen (secondary N) is 2. The molecule has 0 spiro atoms. The summed E-state index contributed by atoms with van der Waals surface area (Å²) in [5.41, 5.74) is -2.17. The van der Waals surface area contributed by atoms with Crippen molar-refractivity contribution in [1.82, 2.24) is 20.4 Å². The highest BCUT2D eigenvalue weighted by Gasteiger charge is 2.55. The number of likely N-dealkylation sites (N-methyl/N-ethyl adjacent to an activating group) is 2. The molecule has 5 unspecified atom stereocenters. The van der Waals surface area contributed by atoms with Gasteiger partial charge in [0.15, 0.2) is 17.7 Å². The van der Waals surface area contributed by atoms with E-state index in [1.807, 2.05) is 39.8 Å². The smallest absolute Gasteiger partial charge is 0.408 e. The Kier molecular flexibility index (Phi) is 13.2. The van der Waals surface area contributed by atoms with Crippen LogP contribution in [0.25, 0.3) is 0 Å². The zero-order chi connectivity index (χ0) is 36.4. The highest BCUT2D eigenvalue weighted by atomic mass is 16.7. The van der Waals surface area contributed by atoms with Crippen molar-refractivity contribution in [3.63, 3.8) is 0 Å². The van der Waals surface area contributed by atoms with Crippen LogP contribution >= 0.6 is 0 Å². The summed E-state index contributed by atoms with van der Waals surface area (Å²) >= 11 is 0. The van der Waals surface area contributed by atoms with E-state index < -0.39 is 65.7 Å². The molecule has 3 heterocycles. The van der Waals surface area contributed by atoms with E-state index in [0.717, 1.165) is 12.5 Å². The summed E-state index contributed by atoms with van der Waals surface area (Å²) in [6, 6.07) is -0.955. The topological polar surface area (TPSA) is 148 Å². The van der Waals surface area contributed by atoms with Crippen molar-refractivity contribution >= 4 is 17.8 Å². The van der Waals surface area contributed by atoms with Gasteiger partial charge in [0.25, 0.3) is 0 Å². The van der Waals surface area contributed by atoms with Gasteiger partial charge in [-0.25, -0.2) is 4.79 Å². The van der Waals surface area contributed by atoms with E-state index >= 15 is 0 Å². The number of rotatable bonds is 9. The molecular weight excluding hydrogens is 632 g/mol. The van der Waals surface area contributed by atoms with Gasteiger partial charge < -0.3 is 49.2 Å². The number of cyclic esters (lactones) is 1. The fraction of sp³-hybridized carbons (Fsp3) is 0.917. The first-order valence-electron chi connectivity index (χ1n) is 18.3. The van der Waals surface area contributed by atoms with E-state index in [4.69, 9.17) is 23.7 Å². The van der Waals surface area contributed by atoms with Crippen LogP contribution in [0.5, 0.6) is 0 Å². The molecule has 0 aromatic carbocycles. The van der Waals surface area contributed by atoms with E-state index in [9.17, 15) is 19.5 Å². The van der Waals surface area contributed by atoms with Gasteiger partial charge in [-0.3, -0.25) is 9.59 Å². The second-order valence-corrected chi connectivity index (χ2v) is 16.1. The number of aliphatic hydroxyl groups is 1. The molecule has 1 saturated carbocycles. The molecule has 1 aliphatic carbocycles. The SMILES string of the molecule is CC[C@H]1OC(=O)C(C)C(=O)[C@H](C)[C@@H](OC2OC(CN(C)CC3CC3)CC(N(C)C)C2O)[C@](C)(OC)C[C@@H](C)CN[C@H](C)[C@H]2NC(=O)O[C@@]21C. The molecule has 3 N–H and O–H groups in total. The van der Waals surface area contributed by atoms with Crippen molar-refractivity contribution in [3.8, 4) is 0 Å². The van der Waals surface area contributed by atoms with Crippen LogP contribution in [0.2, 0.25) is 0 Å². The number of fused-ring (bicyclic) bond motifs is 1. The van der Waals surface area contributed by atoms with Crippen LogP contribution in [0.4, 0.5) is 4.79 Å². The Labute approximate surface area is 293 Å². The zero-order valence-electron chi connectivity index (χ0n) is 31.7. The number of carbonyl (C=O) groups is 3. The van der Waals surface area contributed by atoms with E-state index in [-0.39, 0.29) is 29.9 Å². The number of ether oxygens (including phenoxy) is 5. The second kappa shape index (κ2) is 16.2. The number of carbonyl (C=O) groups excluding carboxylic acids is 3. The molecule has 0 radical (unpaired) electrons. The average molecular weight is 697 g/mol. The summed E-state index contributed by atoms with van der Waals surface area (Å²) in [5, 5.41) is 18.1. The predicted molar refractivity (Wildman–Crippen MR) is 184 cm³/mol. The number of hydrogen-bond acceptors (Lipinski definition) is 12. The van der Waals surface area contributed by atoms with Crippen molar-refractivity contribution < 1.29 is 43.2 Å². The Morgan fingerprint density at radius 1 is 1.04 bits per heavy atom. The van der Waals surface area contributed by atoms with Crippen LogP contribution in [-0.4, -0.2) is 141 Å². The van der Waals surface area contributed by atoms with Crippen molar-refractivity contribution in [3.05, 3.63) is 0 Å². The van der Waals surface area contributed by atoms with Crippen LogP contribution in [0.3, 0.4) is 0 Å². The van der Waals surface area contributed by atoms with Gasteiger partial charge in [-0.05, 0) is 99.3 Å². The highest BCUT2D eigenvalue weighted by molar-refractivity contribution is 6.00. The van der Waals surface area contributed by atoms with Crippen molar-refractivity contribution in [2.45, 2.75) is 141 Å². The maximum Gasteiger partial charge on any atom is 0.408 e. The number of aliphatic hydroxyl groups excluding tert-OH is 1. The van der Waals surface area contributed by atoms with Gasteiger partial charge in [0, 0.05) is 38.2 Å². The van der Waals surface area contributed by atoms with Crippen LogP contribution in [0.15, 0.2) is 0 Å². The molecule has 4 aliphatic rings. The number of ketones is 1. The fourth-order valence-electron chi connectivity index (χ4n) is 8.30. The van der Waals surface area contributed by atoms with Gasteiger partial charge in [0.1, 0.15) is 18.1 Å². The number of esters is 1. The molecule has 4 rings (SSSR count). The molecule has 282 valence electrons. The van der Waals surface area contributed by atoms with Crippen LogP contribution in [0.1, 0.15) is 80.6 Å². The summed E-state index contributed by atoms with van der Waals surface area (Å²) in [4.78, 5) is 44.7. The maximum absolute atomic E-state index is 14.2. The normalized spacial score (nSPS) is 43.0. The Bertz CT molecular complexity index is 1160. The van der Waals surface area contributed by atoms with Gasteiger partial charge in [-0.15, -0.1) is 0 Å². The van der Waals surface area contributed by atoms with Gasteiger partial charge in [-0.1, -0.05) is 20.8 Å². The monoisotopic (exact) mass is 696 g/mol. The summed E-state index contributed by atoms with van der Waals surface area (Å²) in [5.74, 6) is -2.29. The zero-order valence-corrected chi connectivity index (χ0v) is 31.7. The van der Waals surface area contributed by atoms with Crippen molar-refractivity contribution in [2.75, 3.05) is 47.9 Å². The minimum absolute atomic E-state index is 0.0306. The first-order chi connectivity index (χ1) is 22.9. The van der Waals surface area contributed by atoms with Crippen LogP contribution in [-0.2, 0) is 33.3 Å². The van der Waals surface area contributed by atoms with Gasteiger partial charge >= 0.3 is 12.1 Å². The number of alkyl carbamates (subject to hydrolysis) is 1. The first-order valence-corrected chi connectivity index (χ1v) is 18.3. The first kappa shape index (κ1) is 39.9. The summed E-state index contributed by atoms with van der Waals surface area (Å²) < 4.78 is 31.3. The third kappa shape index (κ3) is 9.14. The quantitative estimate of drug-likeness (QED) is 0.241. The largest absolute Gasteiger partial charge is 0.458 e. The van der Waals surface area contributed by atoms with E-state index in [0.29, 0.717) is 32.4 Å². The molecule has 0 aromatic heterocycles. The maximum atomic E-state index is 14.2. The predicted octanol–water partition coefficient (Wildman–Crippen LogP) is 2.57. The molecule has 0 bridgehead atoms. The van der Waals surface area contributed by atoms with Crippen molar-refractivity contribution in [1.29, 1.82) is 0 Å². The molecule has 3 aliphatic heterocycles. The summed E-state index contributed by atoms with van der Waals surface area (Å²) in [7, 11) is 7.58. The molecule has 13 heteroatoms. The Hall–Kier alpha value is -1.87. The number of amides is 1. The van der Waals surface area contributed by atoms with E-state index in [1.54, 1.807) is 27.9 Å². The lowest BCUT2D eigenvalue weighted by Gasteiger charge is -2.47. The van der Waals surface area contributed by atoms with Gasteiger partial charge in [0.05, 0.1) is 23.9 Å². The molecule has 1 amide bonds. The van der Waals surface area contributed by atoms with E-state index in [2.05, 4.69) is 29.5 Å². The van der Waals surface area contributed by atoms with Crippen LogP contribution < -0.4 is 10.6 Å². The average Bonchev–Trinajstić information content (AvgIpc) is 3.80. The van der Waals surface area contributed by atoms with Crippen LogP contribution in [0, 0.1) is 23.7 Å². The molecule has 49 heavy (non-hydrogen) atoms. The molecular formula is C36H64N4O9. The third-order valence-electron chi connectivity index (χ3n) is 11.5. The Morgan fingerprint density at radius 2 is 1.71 bits per heavy atom. The lowest BCUT2D eigenvalue weighted by molar-refractivity contribution is -0.298. The van der Waals surface area contributed by atoms with E-state index in [1.165, 1.54) is 12.8 Å². The number of Topliss-reactive ketones (excluding diaryl/α,β-unsaturated/α-hetero) is 1. The number of methoxy groups -OCH3 is 1. The molecule has 0 aromatic rings.